The maximum Gasteiger partial charge on any atom is 0.364 e. The summed E-state index contributed by atoms with van der Waals surface area (Å²) in [4.78, 5) is 29.6. The first-order chi connectivity index (χ1) is 10.1. The van der Waals surface area contributed by atoms with Crippen molar-refractivity contribution in [2.45, 2.75) is 18.9 Å². The molecule has 2 heterocycles. The van der Waals surface area contributed by atoms with Crippen LogP contribution in [0, 0.1) is 5.82 Å². The van der Waals surface area contributed by atoms with Gasteiger partial charge in [0.15, 0.2) is 0 Å². The number of halogens is 1. The molecule has 1 aliphatic heterocycles. The topological polar surface area (TPSA) is 60.1 Å². The van der Waals surface area contributed by atoms with Crippen molar-refractivity contribution in [2.24, 2.45) is 7.05 Å². The van der Waals surface area contributed by atoms with Gasteiger partial charge >= 0.3 is 5.69 Å². The van der Waals surface area contributed by atoms with Gasteiger partial charge in [0, 0.05) is 19.3 Å². The predicted molar refractivity (Wildman–Crippen MR) is 74.5 cm³/mol. The first-order valence-electron chi connectivity index (χ1n) is 6.75. The summed E-state index contributed by atoms with van der Waals surface area (Å²) in [6.45, 7) is 0.519. The largest absolute Gasteiger partial charge is 0.364 e. The first kappa shape index (κ1) is 13.5. The van der Waals surface area contributed by atoms with Crippen LogP contribution in [0.2, 0.25) is 0 Å². The standard InChI is InChI=1S/C14H15FN4O2/c1-17-9-16-14(21)19(17)12-6-3-7-18(13(12)20)11-5-2-4-10(15)8-11/h2,4-5,8-9,12H,3,6-7H2,1H3. The molecule has 1 unspecified atom stereocenters. The van der Waals surface area contributed by atoms with Crippen LogP contribution in [-0.4, -0.2) is 26.8 Å². The minimum Gasteiger partial charge on any atom is -0.310 e. The molecule has 0 radical (unpaired) electrons. The van der Waals surface area contributed by atoms with Crippen molar-refractivity contribution in [2.75, 3.05) is 11.4 Å². The van der Waals surface area contributed by atoms with Crippen LogP contribution in [0.4, 0.5) is 10.1 Å². The molecule has 1 aromatic carbocycles. The van der Waals surface area contributed by atoms with Crippen molar-refractivity contribution in [3.63, 3.8) is 0 Å². The lowest BCUT2D eigenvalue weighted by Crippen LogP contribution is -2.45. The van der Waals surface area contributed by atoms with Crippen molar-refractivity contribution < 1.29 is 9.18 Å². The zero-order valence-electron chi connectivity index (χ0n) is 11.6. The van der Waals surface area contributed by atoms with E-state index in [0.717, 1.165) is 6.42 Å². The fourth-order valence-electron chi connectivity index (χ4n) is 2.72. The van der Waals surface area contributed by atoms with Crippen LogP contribution in [0.3, 0.4) is 0 Å². The van der Waals surface area contributed by atoms with Crippen LogP contribution >= 0.6 is 0 Å². The number of aromatic nitrogens is 3. The summed E-state index contributed by atoms with van der Waals surface area (Å²) < 4.78 is 16.2. The van der Waals surface area contributed by atoms with E-state index >= 15 is 0 Å². The Labute approximate surface area is 120 Å². The van der Waals surface area contributed by atoms with Gasteiger partial charge < -0.3 is 4.90 Å². The Hall–Kier alpha value is -2.44. The molecule has 0 N–H and O–H groups in total. The lowest BCUT2D eigenvalue weighted by atomic mass is 10.0. The Bertz CT molecular complexity index is 737. The summed E-state index contributed by atoms with van der Waals surface area (Å²) in [5, 5.41) is 0. The van der Waals surface area contributed by atoms with E-state index in [1.54, 1.807) is 19.2 Å². The molecule has 3 rings (SSSR count). The Balaban J connectivity index is 1.96. The number of nitrogens with zero attached hydrogens (tertiary/aromatic N) is 4. The monoisotopic (exact) mass is 290 g/mol. The van der Waals surface area contributed by atoms with Crippen molar-refractivity contribution in [3.05, 3.63) is 46.9 Å². The molecule has 1 amide bonds. The second kappa shape index (κ2) is 5.16. The molecule has 1 aromatic heterocycles. The molecule has 1 fully saturated rings. The molecule has 110 valence electrons. The number of piperidine rings is 1. The van der Waals surface area contributed by atoms with Gasteiger partial charge in [-0.3, -0.25) is 9.48 Å². The Morgan fingerprint density at radius 2 is 2.14 bits per heavy atom. The van der Waals surface area contributed by atoms with Crippen LogP contribution in [0.15, 0.2) is 35.4 Å². The van der Waals surface area contributed by atoms with Crippen LogP contribution in [-0.2, 0) is 11.8 Å². The molecule has 21 heavy (non-hydrogen) atoms. The zero-order chi connectivity index (χ0) is 15.0. The van der Waals surface area contributed by atoms with Gasteiger partial charge in [-0.25, -0.2) is 13.9 Å². The van der Waals surface area contributed by atoms with E-state index in [9.17, 15) is 14.0 Å². The molecule has 1 atom stereocenters. The molecule has 1 saturated heterocycles. The smallest absolute Gasteiger partial charge is 0.310 e. The third-order valence-electron chi connectivity index (χ3n) is 3.70. The minimum absolute atomic E-state index is 0.211. The molecule has 2 aromatic rings. The number of hydrogen-bond acceptors (Lipinski definition) is 3. The SMILES string of the molecule is Cn1cnc(=O)n1C1CCCN(c2cccc(F)c2)C1=O. The fourth-order valence-corrected chi connectivity index (χ4v) is 2.72. The molecular formula is C14H15FN4O2. The average molecular weight is 290 g/mol. The summed E-state index contributed by atoms with van der Waals surface area (Å²) in [5.74, 6) is -0.599. The highest BCUT2D eigenvalue weighted by molar-refractivity contribution is 5.96. The molecule has 1 aliphatic rings. The quantitative estimate of drug-likeness (QED) is 0.832. The Morgan fingerprint density at radius 1 is 1.33 bits per heavy atom. The van der Waals surface area contributed by atoms with Crippen LogP contribution in [0.25, 0.3) is 0 Å². The van der Waals surface area contributed by atoms with Gasteiger partial charge in [-0.2, -0.15) is 4.98 Å². The van der Waals surface area contributed by atoms with Crippen molar-refractivity contribution in [1.29, 1.82) is 0 Å². The predicted octanol–water partition coefficient (Wildman–Crippen LogP) is 1.09. The van der Waals surface area contributed by atoms with Crippen LogP contribution in [0.5, 0.6) is 0 Å². The summed E-state index contributed by atoms with van der Waals surface area (Å²) in [6, 6.07) is 5.32. The molecule has 0 spiro atoms. The molecular weight excluding hydrogens is 275 g/mol. The van der Waals surface area contributed by atoms with Crippen LogP contribution < -0.4 is 10.6 Å². The molecule has 6 nitrogen and oxygen atoms in total. The second-order valence-corrected chi connectivity index (χ2v) is 5.07. The average Bonchev–Trinajstić information content (AvgIpc) is 2.79. The molecule has 0 bridgehead atoms. The van der Waals surface area contributed by atoms with Gasteiger partial charge in [0.1, 0.15) is 18.2 Å². The number of amides is 1. The van der Waals surface area contributed by atoms with Crippen molar-refractivity contribution >= 4 is 11.6 Å². The van der Waals surface area contributed by atoms with E-state index in [4.69, 9.17) is 0 Å². The van der Waals surface area contributed by atoms with Gasteiger partial charge in [-0.05, 0) is 31.0 Å². The minimum atomic E-state index is -0.595. The maximum atomic E-state index is 13.3. The molecule has 7 heteroatoms. The number of rotatable bonds is 2. The normalized spacial score (nSPS) is 19.0. The van der Waals surface area contributed by atoms with Gasteiger partial charge in [0.25, 0.3) is 5.91 Å². The van der Waals surface area contributed by atoms with Crippen molar-refractivity contribution in [1.82, 2.24) is 14.3 Å². The van der Waals surface area contributed by atoms with E-state index in [-0.39, 0.29) is 11.7 Å². The van der Waals surface area contributed by atoms with E-state index in [0.29, 0.717) is 18.7 Å². The molecule has 0 aliphatic carbocycles. The molecule has 0 saturated carbocycles. The lowest BCUT2D eigenvalue weighted by Gasteiger charge is -2.32. The van der Waals surface area contributed by atoms with E-state index in [1.165, 1.54) is 32.7 Å². The zero-order valence-corrected chi connectivity index (χ0v) is 11.6. The number of anilines is 1. The summed E-state index contributed by atoms with van der Waals surface area (Å²) in [7, 11) is 1.67. The summed E-state index contributed by atoms with van der Waals surface area (Å²) >= 11 is 0. The second-order valence-electron chi connectivity index (χ2n) is 5.07. The van der Waals surface area contributed by atoms with Gasteiger partial charge in [-0.1, -0.05) is 6.07 Å². The van der Waals surface area contributed by atoms with E-state index in [2.05, 4.69) is 4.98 Å². The fraction of sp³-hybridized carbons (Fsp3) is 0.357. The maximum absolute atomic E-state index is 13.3. The van der Waals surface area contributed by atoms with Crippen molar-refractivity contribution in [3.8, 4) is 0 Å². The number of hydrogen-bond donors (Lipinski definition) is 0. The van der Waals surface area contributed by atoms with Crippen LogP contribution in [0.1, 0.15) is 18.9 Å². The van der Waals surface area contributed by atoms with Gasteiger partial charge in [-0.15, -0.1) is 0 Å². The Morgan fingerprint density at radius 3 is 2.81 bits per heavy atom. The third kappa shape index (κ3) is 2.35. The van der Waals surface area contributed by atoms with E-state index in [1.807, 2.05) is 0 Å². The van der Waals surface area contributed by atoms with E-state index < -0.39 is 11.7 Å². The third-order valence-corrected chi connectivity index (χ3v) is 3.70. The highest BCUT2D eigenvalue weighted by Crippen LogP contribution is 2.26. The van der Waals surface area contributed by atoms with Gasteiger partial charge in [0.05, 0.1) is 0 Å². The summed E-state index contributed by atoms with van der Waals surface area (Å²) in [6.07, 6.45) is 2.70. The first-order valence-corrected chi connectivity index (χ1v) is 6.75. The number of aryl methyl sites for hydroxylation is 1. The Kier molecular flexibility index (Phi) is 3.32. The highest BCUT2D eigenvalue weighted by Gasteiger charge is 2.33. The highest BCUT2D eigenvalue weighted by atomic mass is 19.1. The summed E-state index contributed by atoms with van der Waals surface area (Å²) in [5.41, 5.74) is 0.0665. The lowest BCUT2D eigenvalue weighted by molar-refractivity contribution is -0.123. The number of carbonyl (C=O) groups excluding carboxylic acids is 1. The van der Waals surface area contributed by atoms with Gasteiger partial charge in [0.2, 0.25) is 0 Å². The number of benzene rings is 1. The number of carbonyl (C=O) groups is 1.